The summed E-state index contributed by atoms with van der Waals surface area (Å²) >= 11 is 0. The second-order valence-corrected chi connectivity index (χ2v) is 10.3. The molecule has 2 aliphatic rings. The van der Waals surface area contributed by atoms with E-state index >= 15 is 0 Å². The molecule has 2 aromatic heterocycles. The van der Waals surface area contributed by atoms with E-state index in [1.54, 1.807) is 24.5 Å². The predicted octanol–water partition coefficient (Wildman–Crippen LogP) is 5.60. The average Bonchev–Trinajstić information content (AvgIpc) is 3.73. The standard InChI is InChI=1S/C28H30F3N5O2/c1-36(27(38)19-8-6-18(7-9-19)26(32)37)25(28(29,30)31)17-10-12-20(13-11-17)35-22-15-34-21-3-2-14-33-24(21)23(22)16-4-5-16/h2-3,10-16,18-19,25,35H,4-9H2,1H3,(H2,32,37)/t18?,19?,25-/m1/s1. The van der Waals surface area contributed by atoms with Gasteiger partial charge in [0.05, 0.1) is 22.9 Å². The summed E-state index contributed by atoms with van der Waals surface area (Å²) in [5, 5.41) is 3.31. The monoisotopic (exact) mass is 525 g/mol. The molecule has 2 heterocycles. The average molecular weight is 526 g/mol. The number of hydrogen-bond acceptors (Lipinski definition) is 5. The first-order chi connectivity index (χ1) is 18.1. The van der Waals surface area contributed by atoms with Crippen LogP contribution in [-0.2, 0) is 9.59 Å². The molecule has 7 nitrogen and oxygen atoms in total. The van der Waals surface area contributed by atoms with Crippen molar-refractivity contribution in [1.82, 2.24) is 14.9 Å². The maximum absolute atomic E-state index is 14.2. The third-order valence-electron chi connectivity index (χ3n) is 7.68. The molecule has 200 valence electrons. The lowest BCUT2D eigenvalue weighted by molar-refractivity contribution is -0.191. The molecule has 3 N–H and O–H groups in total. The molecule has 0 radical (unpaired) electrons. The van der Waals surface area contributed by atoms with Crippen molar-refractivity contribution in [3.8, 4) is 0 Å². The van der Waals surface area contributed by atoms with Crippen molar-refractivity contribution in [2.75, 3.05) is 12.4 Å². The molecule has 2 fully saturated rings. The van der Waals surface area contributed by atoms with Crippen molar-refractivity contribution in [3.05, 3.63) is 59.9 Å². The second kappa shape index (κ2) is 10.2. The summed E-state index contributed by atoms with van der Waals surface area (Å²) < 4.78 is 42.6. The normalized spacial score (nSPS) is 20.6. The van der Waals surface area contributed by atoms with E-state index in [4.69, 9.17) is 5.73 Å². The van der Waals surface area contributed by atoms with E-state index in [9.17, 15) is 22.8 Å². The zero-order valence-corrected chi connectivity index (χ0v) is 21.0. The molecule has 2 amide bonds. The first-order valence-electron chi connectivity index (χ1n) is 12.9. The van der Waals surface area contributed by atoms with E-state index in [2.05, 4.69) is 15.3 Å². The first kappa shape index (κ1) is 25.9. The van der Waals surface area contributed by atoms with Gasteiger partial charge in [-0.15, -0.1) is 0 Å². The number of pyridine rings is 2. The fraction of sp³-hybridized carbons (Fsp3) is 0.429. The van der Waals surface area contributed by atoms with Gasteiger partial charge in [-0.25, -0.2) is 0 Å². The minimum atomic E-state index is -4.66. The molecule has 1 aromatic carbocycles. The highest BCUT2D eigenvalue weighted by Gasteiger charge is 2.46. The number of primary amides is 1. The van der Waals surface area contributed by atoms with E-state index in [1.165, 1.54) is 19.2 Å². The largest absolute Gasteiger partial charge is 0.413 e. The van der Waals surface area contributed by atoms with E-state index < -0.39 is 30.0 Å². The Kier molecular flexibility index (Phi) is 6.98. The zero-order chi connectivity index (χ0) is 27.0. The topological polar surface area (TPSA) is 101 Å². The molecule has 0 aliphatic heterocycles. The number of nitrogens with one attached hydrogen (secondary N) is 1. The first-order valence-corrected chi connectivity index (χ1v) is 12.9. The Bertz CT molecular complexity index is 1330. The van der Waals surface area contributed by atoms with Crippen LogP contribution in [0.1, 0.15) is 61.6 Å². The van der Waals surface area contributed by atoms with E-state index in [1.807, 2.05) is 12.1 Å². The van der Waals surface area contributed by atoms with Crippen molar-refractivity contribution in [3.63, 3.8) is 0 Å². The van der Waals surface area contributed by atoms with Crippen LogP contribution in [0.25, 0.3) is 11.0 Å². The maximum atomic E-state index is 14.2. The number of nitrogens with two attached hydrogens (primary N) is 1. The predicted molar refractivity (Wildman–Crippen MR) is 137 cm³/mol. The highest BCUT2D eigenvalue weighted by Crippen LogP contribution is 2.46. The SMILES string of the molecule is CN(C(=O)C1CCC(C(N)=O)CC1)[C@H](c1ccc(Nc2cnc3cccnc3c2C2CC2)cc1)C(F)(F)F. The van der Waals surface area contributed by atoms with Gasteiger partial charge in [0.15, 0.2) is 6.04 Å². The Balaban J connectivity index is 1.35. The summed E-state index contributed by atoms with van der Waals surface area (Å²) in [6.45, 7) is 0. The van der Waals surface area contributed by atoms with Crippen LogP contribution >= 0.6 is 0 Å². The Morgan fingerprint density at radius 1 is 1.00 bits per heavy atom. The Morgan fingerprint density at radius 3 is 2.26 bits per heavy atom. The number of hydrogen-bond donors (Lipinski definition) is 2. The lowest BCUT2D eigenvalue weighted by atomic mass is 9.81. The van der Waals surface area contributed by atoms with Crippen LogP contribution in [0.4, 0.5) is 24.5 Å². The summed E-state index contributed by atoms with van der Waals surface area (Å²) in [5.41, 5.74) is 9.44. The molecular weight excluding hydrogens is 495 g/mol. The summed E-state index contributed by atoms with van der Waals surface area (Å²) in [5.74, 6) is -1.50. The molecule has 2 aliphatic carbocycles. The molecule has 5 rings (SSSR count). The van der Waals surface area contributed by atoms with E-state index in [0.29, 0.717) is 37.3 Å². The van der Waals surface area contributed by atoms with Gasteiger partial charge in [0.2, 0.25) is 11.8 Å². The highest BCUT2D eigenvalue weighted by atomic mass is 19.4. The molecule has 3 aromatic rings. The minimum Gasteiger partial charge on any atom is -0.369 e. The van der Waals surface area contributed by atoms with Gasteiger partial charge in [-0.2, -0.15) is 13.2 Å². The van der Waals surface area contributed by atoms with E-state index in [0.717, 1.165) is 40.0 Å². The number of anilines is 2. The molecule has 10 heteroatoms. The van der Waals surface area contributed by atoms with Crippen LogP contribution in [0.3, 0.4) is 0 Å². The number of benzene rings is 1. The fourth-order valence-corrected chi connectivity index (χ4v) is 5.50. The molecule has 0 spiro atoms. The zero-order valence-electron chi connectivity index (χ0n) is 21.0. The third-order valence-corrected chi connectivity index (χ3v) is 7.68. The fourth-order valence-electron chi connectivity index (χ4n) is 5.50. The molecule has 0 saturated heterocycles. The molecule has 1 atom stereocenters. The van der Waals surface area contributed by atoms with Crippen molar-refractivity contribution in [2.45, 2.75) is 56.7 Å². The number of fused-ring (bicyclic) bond motifs is 1. The summed E-state index contributed by atoms with van der Waals surface area (Å²) in [6.07, 6.45) is 2.46. The van der Waals surface area contributed by atoms with Gasteiger partial charge < -0.3 is 16.0 Å². The number of amides is 2. The van der Waals surface area contributed by atoms with Crippen LogP contribution in [0.2, 0.25) is 0 Å². The minimum absolute atomic E-state index is 0.0227. The van der Waals surface area contributed by atoms with Gasteiger partial charge in [-0.3, -0.25) is 19.6 Å². The number of carbonyl (C=O) groups is 2. The molecule has 38 heavy (non-hydrogen) atoms. The third kappa shape index (κ3) is 5.30. The second-order valence-electron chi connectivity index (χ2n) is 10.3. The smallest absolute Gasteiger partial charge is 0.369 e. The van der Waals surface area contributed by atoms with Crippen LogP contribution in [0.15, 0.2) is 48.8 Å². The summed E-state index contributed by atoms with van der Waals surface area (Å²) in [7, 11) is 1.20. The molecule has 0 bridgehead atoms. The van der Waals surface area contributed by atoms with Crippen molar-refractivity contribution in [2.24, 2.45) is 17.6 Å². The Hall–Kier alpha value is -3.69. The maximum Gasteiger partial charge on any atom is 0.413 e. The summed E-state index contributed by atoms with van der Waals surface area (Å²) in [4.78, 5) is 34.2. The van der Waals surface area contributed by atoms with Crippen molar-refractivity contribution < 1.29 is 22.8 Å². The Labute approximate surface area is 218 Å². The van der Waals surface area contributed by atoms with Gasteiger partial charge in [-0.1, -0.05) is 12.1 Å². The number of rotatable bonds is 7. The lowest BCUT2D eigenvalue weighted by Crippen LogP contribution is -2.43. The van der Waals surface area contributed by atoms with Crippen LogP contribution in [0.5, 0.6) is 0 Å². The molecule has 2 saturated carbocycles. The van der Waals surface area contributed by atoms with Gasteiger partial charge in [-0.05, 0) is 74.3 Å². The highest BCUT2D eigenvalue weighted by molar-refractivity contribution is 5.85. The quantitative estimate of drug-likeness (QED) is 0.418. The van der Waals surface area contributed by atoms with Crippen molar-refractivity contribution >= 4 is 34.2 Å². The van der Waals surface area contributed by atoms with Crippen LogP contribution in [0, 0.1) is 11.8 Å². The molecular formula is C28H30F3N5O2. The number of halogens is 3. The number of carbonyl (C=O) groups excluding carboxylic acids is 2. The number of nitrogens with zero attached hydrogens (tertiary/aromatic N) is 3. The Morgan fingerprint density at radius 2 is 1.66 bits per heavy atom. The number of aromatic nitrogens is 2. The summed E-state index contributed by atoms with van der Waals surface area (Å²) in [6, 6.07) is 7.64. The van der Waals surface area contributed by atoms with E-state index in [-0.39, 0.29) is 11.5 Å². The van der Waals surface area contributed by atoms with Gasteiger partial charge in [0.1, 0.15) is 0 Å². The van der Waals surface area contributed by atoms with Crippen molar-refractivity contribution in [1.29, 1.82) is 0 Å². The molecule has 0 unspecified atom stereocenters. The van der Waals surface area contributed by atoms with Gasteiger partial charge in [0.25, 0.3) is 0 Å². The van der Waals surface area contributed by atoms with Crippen LogP contribution < -0.4 is 11.1 Å². The van der Waals surface area contributed by atoms with Gasteiger partial charge >= 0.3 is 6.18 Å². The van der Waals surface area contributed by atoms with Crippen LogP contribution in [-0.4, -0.2) is 39.9 Å². The van der Waals surface area contributed by atoms with Gasteiger partial charge in [0, 0.05) is 36.3 Å². The lowest BCUT2D eigenvalue weighted by Gasteiger charge is -2.35. The number of alkyl halides is 3.